The smallest absolute Gasteiger partial charge is 0.0920 e. The molecule has 0 radical (unpaired) electrons. The molecule has 4 heteroatoms. The topological polar surface area (TPSA) is 23.5 Å². The zero-order valence-corrected chi connectivity index (χ0v) is 13.7. The minimum atomic E-state index is -0.661. The molecule has 0 aliphatic carbocycles. The molecule has 1 N–H and O–H groups in total. The van der Waals surface area contributed by atoms with Crippen LogP contribution in [0.1, 0.15) is 24.0 Å². The highest BCUT2D eigenvalue weighted by atomic mass is 79.9. The molecule has 0 atom stereocenters. The van der Waals surface area contributed by atoms with Gasteiger partial charge in [-0.2, -0.15) is 11.3 Å². The summed E-state index contributed by atoms with van der Waals surface area (Å²) in [5.41, 5.74) is 1.76. The third kappa shape index (κ3) is 3.14. The molecule has 3 rings (SSSR count). The molecule has 2 nitrogen and oxygen atoms in total. The van der Waals surface area contributed by atoms with Crippen LogP contribution in [-0.2, 0) is 12.1 Å². The van der Waals surface area contributed by atoms with Crippen LogP contribution in [-0.4, -0.2) is 23.1 Å². The molecule has 1 aliphatic heterocycles. The Morgan fingerprint density at radius 2 is 1.85 bits per heavy atom. The van der Waals surface area contributed by atoms with E-state index in [4.69, 9.17) is 0 Å². The van der Waals surface area contributed by atoms with E-state index in [1.807, 2.05) is 24.3 Å². The summed E-state index contributed by atoms with van der Waals surface area (Å²) in [6.45, 7) is 2.89. The van der Waals surface area contributed by atoms with E-state index in [1.54, 1.807) is 11.3 Å². The number of likely N-dealkylation sites (tertiary alicyclic amines) is 1. The Labute approximate surface area is 132 Å². The highest BCUT2D eigenvalue weighted by Gasteiger charge is 2.33. The normalized spacial score (nSPS) is 19.1. The van der Waals surface area contributed by atoms with Gasteiger partial charge in [0.05, 0.1) is 5.60 Å². The van der Waals surface area contributed by atoms with Crippen LogP contribution in [0.3, 0.4) is 0 Å². The van der Waals surface area contributed by atoms with Crippen molar-refractivity contribution in [1.29, 1.82) is 0 Å². The Morgan fingerprint density at radius 3 is 2.45 bits per heavy atom. The van der Waals surface area contributed by atoms with Gasteiger partial charge in [0.1, 0.15) is 0 Å². The van der Waals surface area contributed by atoms with Gasteiger partial charge in [0.25, 0.3) is 0 Å². The third-order valence-corrected chi connectivity index (χ3v) is 5.31. The predicted octanol–water partition coefficient (Wildman–Crippen LogP) is 3.99. The second-order valence-corrected chi connectivity index (χ2v) is 7.14. The van der Waals surface area contributed by atoms with Gasteiger partial charge in [-0.25, -0.2) is 0 Å². The fourth-order valence-corrected chi connectivity index (χ4v) is 3.69. The van der Waals surface area contributed by atoms with Crippen molar-refractivity contribution in [3.63, 3.8) is 0 Å². The summed E-state index contributed by atoms with van der Waals surface area (Å²) in [6.07, 6.45) is 1.61. The van der Waals surface area contributed by atoms with Crippen LogP contribution in [0.5, 0.6) is 0 Å². The Morgan fingerprint density at radius 1 is 1.15 bits per heavy atom. The summed E-state index contributed by atoms with van der Waals surface area (Å²) >= 11 is 5.19. The van der Waals surface area contributed by atoms with Crippen molar-refractivity contribution in [2.45, 2.75) is 25.0 Å². The van der Waals surface area contributed by atoms with Crippen LogP contribution < -0.4 is 0 Å². The molecule has 1 aromatic carbocycles. The van der Waals surface area contributed by atoms with Gasteiger partial charge in [0.15, 0.2) is 0 Å². The first kappa shape index (κ1) is 14.3. The molecule has 1 aliphatic rings. The maximum Gasteiger partial charge on any atom is 0.0920 e. The first-order chi connectivity index (χ1) is 9.66. The molecule has 20 heavy (non-hydrogen) atoms. The molecule has 2 aromatic rings. The third-order valence-electron chi connectivity index (χ3n) is 4.05. The van der Waals surface area contributed by atoms with E-state index in [2.05, 4.69) is 37.7 Å². The Bertz CT molecular complexity index is 544. The van der Waals surface area contributed by atoms with Crippen LogP contribution >= 0.6 is 27.3 Å². The summed E-state index contributed by atoms with van der Waals surface area (Å²) in [5, 5.41) is 15.2. The fraction of sp³-hybridized carbons (Fsp3) is 0.375. The molecule has 106 valence electrons. The number of hydrogen-bond donors (Lipinski definition) is 1. The number of aliphatic hydroxyl groups is 1. The molecule has 0 bridgehead atoms. The van der Waals surface area contributed by atoms with Crippen molar-refractivity contribution in [3.8, 4) is 0 Å². The number of piperidine rings is 1. The average molecular weight is 352 g/mol. The average Bonchev–Trinajstić information content (AvgIpc) is 2.95. The standard InChI is InChI=1S/C16H18BrNOS/c17-15-3-1-14(2-4-15)16(19)6-8-18(9-7-16)11-13-5-10-20-12-13/h1-5,10,12,19H,6-9,11H2. The summed E-state index contributed by atoms with van der Waals surface area (Å²) in [4.78, 5) is 2.43. The first-order valence-corrected chi connectivity index (χ1v) is 8.61. The highest BCUT2D eigenvalue weighted by molar-refractivity contribution is 9.10. The maximum atomic E-state index is 10.8. The molecule has 0 spiro atoms. The number of nitrogens with zero attached hydrogens (tertiary/aromatic N) is 1. The lowest BCUT2D eigenvalue weighted by molar-refractivity contribution is -0.0277. The van der Waals surface area contributed by atoms with Crippen LogP contribution in [0.25, 0.3) is 0 Å². The van der Waals surface area contributed by atoms with Crippen molar-refractivity contribution in [2.24, 2.45) is 0 Å². The van der Waals surface area contributed by atoms with E-state index in [0.29, 0.717) is 0 Å². The van der Waals surface area contributed by atoms with Gasteiger partial charge in [-0.3, -0.25) is 4.90 Å². The Kier molecular flexibility index (Phi) is 4.26. The zero-order chi connectivity index (χ0) is 14.0. The molecule has 0 unspecified atom stereocenters. The van der Waals surface area contributed by atoms with Crippen molar-refractivity contribution in [1.82, 2.24) is 4.90 Å². The van der Waals surface area contributed by atoms with Gasteiger partial charge in [-0.05, 0) is 52.9 Å². The Hall–Kier alpha value is -0.680. The highest BCUT2D eigenvalue weighted by Crippen LogP contribution is 2.33. The number of thiophene rings is 1. The lowest BCUT2D eigenvalue weighted by Crippen LogP contribution is -2.42. The van der Waals surface area contributed by atoms with E-state index < -0.39 is 5.60 Å². The van der Waals surface area contributed by atoms with Crippen LogP contribution in [0.4, 0.5) is 0 Å². The minimum absolute atomic E-state index is 0.661. The van der Waals surface area contributed by atoms with Crippen LogP contribution in [0.15, 0.2) is 45.6 Å². The largest absolute Gasteiger partial charge is 0.385 e. The van der Waals surface area contributed by atoms with Crippen molar-refractivity contribution in [3.05, 3.63) is 56.7 Å². The predicted molar refractivity (Wildman–Crippen MR) is 86.9 cm³/mol. The maximum absolute atomic E-state index is 10.8. The number of benzene rings is 1. The molecule has 1 saturated heterocycles. The summed E-state index contributed by atoms with van der Waals surface area (Å²) in [5.74, 6) is 0. The van der Waals surface area contributed by atoms with Gasteiger partial charge in [-0.1, -0.05) is 28.1 Å². The summed E-state index contributed by atoms with van der Waals surface area (Å²) in [6, 6.07) is 10.2. The van der Waals surface area contributed by atoms with E-state index >= 15 is 0 Å². The van der Waals surface area contributed by atoms with Crippen LogP contribution in [0.2, 0.25) is 0 Å². The lowest BCUT2D eigenvalue weighted by Gasteiger charge is -2.38. The van der Waals surface area contributed by atoms with Crippen molar-refractivity contribution < 1.29 is 5.11 Å². The molecule has 1 aromatic heterocycles. The number of halogens is 1. The van der Waals surface area contributed by atoms with E-state index in [1.165, 1.54) is 5.56 Å². The molecule has 0 amide bonds. The molecular weight excluding hydrogens is 334 g/mol. The van der Waals surface area contributed by atoms with Gasteiger partial charge in [0, 0.05) is 24.1 Å². The zero-order valence-electron chi connectivity index (χ0n) is 11.3. The molecule has 1 fully saturated rings. The minimum Gasteiger partial charge on any atom is -0.385 e. The summed E-state index contributed by atoms with van der Waals surface area (Å²) < 4.78 is 1.06. The lowest BCUT2D eigenvalue weighted by atomic mass is 9.84. The second-order valence-electron chi connectivity index (χ2n) is 5.45. The number of hydrogen-bond acceptors (Lipinski definition) is 3. The summed E-state index contributed by atoms with van der Waals surface area (Å²) in [7, 11) is 0. The SMILES string of the molecule is OC1(c2ccc(Br)cc2)CCN(Cc2ccsc2)CC1. The van der Waals surface area contributed by atoms with Crippen molar-refractivity contribution >= 4 is 27.3 Å². The van der Waals surface area contributed by atoms with Gasteiger partial charge >= 0.3 is 0 Å². The fourth-order valence-electron chi connectivity index (χ4n) is 2.77. The Balaban J connectivity index is 1.63. The van der Waals surface area contributed by atoms with Gasteiger partial charge in [0.2, 0.25) is 0 Å². The van der Waals surface area contributed by atoms with Crippen molar-refractivity contribution in [2.75, 3.05) is 13.1 Å². The van der Waals surface area contributed by atoms with E-state index in [-0.39, 0.29) is 0 Å². The second kappa shape index (κ2) is 5.98. The van der Waals surface area contributed by atoms with Gasteiger partial charge in [-0.15, -0.1) is 0 Å². The van der Waals surface area contributed by atoms with Gasteiger partial charge < -0.3 is 5.11 Å². The molecule has 0 saturated carbocycles. The van der Waals surface area contributed by atoms with E-state index in [0.717, 1.165) is 42.5 Å². The first-order valence-electron chi connectivity index (χ1n) is 6.88. The molecular formula is C16H18BrNOS. The number of rotatable bonds is 3. The van der Waals surface area contributed by atoms with E-state index in [9.17, 15) is 5.11 Å². The molecule has 2 heterocycles. The quantitative estimate of drug-likeness (QED) is 0.903. The van der Waals surface area contributed by atoms with Crippen LogP contribution in [0, 0.1) is 0 Å². The monoisotopic (exact) mass is 351 g/mol.